The number of imide groups is 1. The van der Waals surface area contributed by atoms with E-state index in [0.717, 1.165) is 64.2 Å². The molecule has 1 aromatic rings. The minimum Gasteiger partial charge on any atom is -0.484 e. The summed E-state index contributed by atoms with van der Waals surface area (Å²) >= 11 is 0. The van der Waals surface area contributed by atoms with Crippen molar-refractivity contribution in [1.29, 1.82) is 5.41 Å². The molecule has 2 fully saturated rings. The van der Waals surface area contributed by atoms with Gasteiger partial charge in [-0.25, -0.2) is 0 Å². The van der Waals surface area contributed by atoms with Crippen molar-refractivity contribution >= 4 is 53.5 Å². The van der Waals surface area contributed by atoms with E-state index in [1.165, 1.54) is 6.92 Å². The maximum atomic E-state index is 16.0. The number of ether oxygens (including phenoxy) is 1. The van der Waals surface area contributed by atoms with Gasteiger partial charge in [-0.1, -0.05) is 96.3 Å². The number of amides is 6. The monoisotopic (exact) mass is 1040 g/mol. The van der Waals surface area contributed by atoms with Crippen LogP contribution in [0.5, 0.6) is 5.75 Å². The topological polar surface area (TPSA) is 363 Å². The number of para-hydroxylation sites is 1. The highest BCUT2D eigenvalue weighted by molar-refractivity contribution is 6.20. The van der Waals surface area contributed by atoms with Crippen LogP contribution in [0.15, 0.2) is 30.3 Å². The Morgan fingerprint density at radius 1 is 0.716 bits per heavy atom. The maximum absolute atomic E-state index is 16.0. The summed E-state index contributed by atoms with van der Waals surface area (Å²) in [4.78, 5) is 117. The van der Waals surface area contributed by atoms with Gasteiger partial charge in [0.15, 0.2) is 23.9 Å². The summed E-state index contributed by atoms with van der Waals surface area (Å²) in [6, 6.07) is 0.522. The Labute approximate surface area is 438 Å². The number of guanidine groups is 1. The lowest BCUT2D eigenvalue weighted by Crippen LogP contribution is -2.74. The fraction of sp³-hybridized carbons (Fsp3) is 0.717. The summed E-state index contributed by atoms with van der Waals surface area (Å²) in [6.07, 6.45) is 12.5. The van der Waals surface area contributed by atoms with Gasteiger partial charge < -0.3 is 60.0 Å². The van der Waals surface area contributed by atoms with E-state index < -0.39 is 102 Å². The largest absolute Gasteiger partial charge is 0.484 e. The van der Waals surface area contributed by atoms with Gasteiger partial charge in [0.25, 0.3) is 17.7 Å². The Kier molecular flexibility index (Phi) is 28.4. The molecule has 3 rings (SSSR count). The van der Waals surface area contributed by atoms with Crippen LogP contribution in [0.3, 0.4) is 0 Å². The van der Waals surface area contributed by atoms with E-state index >= 15 is 19.2 Å². The fourth-order valence-electron chi connectivity index (χ4n) is 10.1. The van der Waals surface area contributed by atoms with Gasteiger partial charge in [0.2, 0.25) is 24.0 Å². The number of hydrogen-bond donors (Lipinski definition) is 11. The number of rotatable bonds is 34. The molecule has 1 aromatic carbocycles. The predicted octanol–water partition coefficient (Wildman–Crippen LogP) is 1.96. The molecule has 1 radical (unpaired) electrons. The first-order valence-corrected chi connectivity index (χ1v) is 27.1. The van der Waals surface area contributed by atoms with Crippen LogP contribution in [0, 0.1) is 23.2 Å². The molecule has 74 heavy (non-hydrogen) atoms. The van der Waals surface area contributed by atoms with Gasteiger partial charge in [-0.15, -0.1) is 0 Å². The van der Waals surface area contributed by atoms with E-state index in [9.17, 15) is 19.2 Å². The van der Waals surface area contributed by atoms with Crippen LogP contribution in [-0.4, -0.2) is 126 Å². The second-order valence-corrected chi connectivity index (χ2v) is 20.7. The zero-order valence-electron chi connectivity index (χ0n) is 44.3. The maximum Gasteiger partial charge on any atom is 0.258 e. The van der Waals surface area contributed by atoms with Crippen LogP contribution in [0.1, 0.15) is 156 Å². The van der Waals surface area contributed by atoms with Gasteiger partial charge in [0.05, 0.1) is 18.1 Å². The Morgan fingerprint density at radius 2 is 1.28 bits per heavy atom. The Morgan fingerprint density at radius 3 is 1.82 bits per heavy atom. The highest BCUT2D eigenvalue weighted by Crippen LogP contribution is 2.35. The van der Waals surface area contributed by atoms with E-state index in [2.05, 4.69) is 26.6 Å². The number of unbranched alkanes of at least 4 members (excludes halogenated alkanes) is 2. The first-order chi connectivity index (χ1) is 35.4. The van der Waals surface area contributed by atoms with Gasteiger partial charge in [0, 0.05) is 6.54 Å². The average molecular weight is 1040 g/mol. The van der Waals surface area contributed by atoms with Crippen molar-refractivity contribution in [2.45, 2.75) is 197 Å². The second-order valence-electron chi connectivity index (χ2n) is 20.7. The molecule has 0 saturated heterocycles. The van der Waals surface area contributed by atoms with Crippen molar-refractivity contribution in [1.82, 2.24) is 31.5 Å². The van der Waals surface area contributed by atoms with Crippen molar-refractivity contribution in [2.24, 2.45) is 46.4 Å². The molecule has 0 aromatic heterocycles. The molecule has 21 heteroatoms. The zero-order valence-corrected chi connectivity index (χ0v) is 44.3. The van der Waals surface area contributed by atoms with Crippen molar-refractivity contribution in [3.05, 3.63) is 30.3 Å². The highest BCUT2D eigenvalue weighted by Gasteiger charge is 2.59. The minimum atomic E-state index is -2.72. The van der Waals surface area contributed by atoms with Gasteiger partial charge >= 0.3 is 0 Å². The minimum absolute atomic E-state index is 0.00517. The first-order valence-electron chi connectivity index (χ1n) is 27.1. The molecule has 415 valence electrons. The third-order valence-electron chi connectivity index (χ3n) is 14.0. The zero-order chi connectivity index (χ0) is 54.6. The summed E-state index contributed by atoms with van der Waals surface area (Å²) < 4.78 is 5.65. The Bertz CT molecular complexity index is 1950. The summed E-state index contributed by atoms with van der Waals surface area (Å²) in [5.74, 6) is -6.83. The number of carbonyl (C=O) groups is 7. The van der Waals surface area contributed by atoms with Crippen molar-refractivity contribution in [2.75, 3.05) is 26.2 Å². The van der Waals surface area contributed by atoms with Gasteiger partial charge in [-0.2, -0.15) is 0 Å². The summed E-state index contributed by atoms with van der Waals surface area (Å²) in [6.45, 7) is 5.11. The standard InChI is InChI=1S/C53H89N12O9/c1-35(2)32-53(46(68)41(56)30-37-18-7-4-8-19-37,51(73)61-36(3)47(69)62-39(33-66)22-17-29-60-52(58)59)65(49(71)42(57)31-38-20-9-5-10-21-38)50(72)44(26-14-16-28-55)64-48(70)43(25-13-15-27-54)63-45(67)34-74-40-23-11-6-12-24-40/h6,11-12,23-24,35-39,41-44H,4-5,7-10,13-22,25-32,34,54-57H2,1-3H3,(H,61,73)(H,62,69)(H,63,67)(H,64,70)(H4,58,59,60)/t36?,39?,41-,42-,43?,44?,53?/m0/s1. The Hall–Kier alpha value is -5.51. The second kappa shape index (κ2) is 33.4. The van der Waals surface area contributed by atoms with Crippen LogP contribution < -0.4 is 60.0 Å². The lowest BCUT2D eigenvalue weighted by molar-refractivity contribution is -0.168. The number of carbonyl (C=O) groups excluding carboxylic acids is 8. The number of benzene rings is 1. The van der Waals surface area contributed by atoms with Crippen LogP contribution in [0.4, 0.5) is 0 Å². The Balaban J connectivity index is 2.23. The molecule has 16 N–H and O–H groups in total. The number of nitrogens with one attached hydrogen (secondary N) is 6. The molecule has 21 nitrogen and oxygen atoms in total. The molecule has 2 aliphatic rings. The molecule has 0 aliphatic heterocycles. The molecule has 6 amide bonds. The number of ketones is 1. The third-order valence-corrected chi connectivity index (χ3v) is 14.0. The highest BCUT2D eigenvalue weighted by atomic mass is 16.5. The smallest absolute Gasteiger partial charge is 0.258 e. The predicted molar refractivity (Wildman–Crippen MR) is 283 cm³/mol. The summed E-state index contributed by atoms with van der Waals surface area (Å²) in [5.41, 5.74) is 28.2. The molecule has 0 bridgehead atoms. The SMILES string of the molecule is CC(C)CC(C(=O)NC(C)C(=O)NC([C]=O)CCCNC(=N)N)(C(=O)[C@@H](N)CC1CCCCC1)N(C(=O)C(CCCCN)NC(=O)C(CCCCN)NC(=O)COc1ccccc1)C(=O)[C@@H](N)CC1CCCCC1. The van der Waals surface area contributed by atoms with E-state index in [0.29, 0.717) is 42.9 Å². The molecule has 5 unspecified atom stereocenters. The molecular weight excluding hydrogens is 949 g/mol. The van der Waals surface area contributed by atoms with E-state index in [-0.39, 0.29) is 69.4 Å². The van der Waals surface area contributed by atoms with E-state index in [1.807, 2.05) is 0 Å². The van der Waals surface area contributed by atoms with Gasteiger partial charge in [-0.3, -0.25) is 48.7 Å². The van der Waals surface area contributed by atoms with Crippen molar-refractivity contribution < 1.29 is 43.1 Å². The molecule has 2 saturated carbocycles. The summed E-state index contributed by atoms with van der Waals surface area (Å²) in [7, 11) is 0. The quantitative estimate of drug-likeness (QED) is 0.0203. The van der Waals surface area contributed by atoms with Gasteiger partial charge in [-0.05, 0) is 121 Å². The van der Waals surface area contributed by atoms with E-state index in [4.69, 9.17) is 38.8 Å². The summed E-state index contributed by atoms with van der Waals surface area (Å²) in [5, 5.41) is 20.7. The molecule has 0 heterocycles. The third kappa shape index (κ3) is 20.7. The van der Waals surface area contributed by atoms with Crippen molar-refractivity contribution in [3.8, 4) is 5.75 Å². The molecule has 0 spiro atoms. The molecular formula is C53H89N12O9. The fourth-order valence-corrected chi connectivity index (χ4v) is 10.1. The number of hydrogen-bond acceptors (Lipinski definition) is 14. The number of nitrogens with two attached hydrogens (primary N) is 5. The lowest BCUT2D eigenvalue weighted by Gasteiger charge is -2.45. The van der Waals surface area contributed by atoms with Crippen LogP contribution in [0.25, 0.3) is 0 Å². The van der Waals surface area contributed by atoms with E-state index in [1.54, 1.807) is 50.5 Å². The van der Waals surface area contributed by atoms with Gasteiger partial charge in [0.1, 0.15) is 23.9 Å². The molecule has 2 aliphatic carbocycles. The van der Waals surface area contributed by atoms with Crippen LogP contribution in [0.2, 0.25) is 0 Å². The normalized spacial score (nSPS) is 17.5. The first kappa shape index (κ1) is 62.8. The molecule has 7 atom stereocenters. The van der Waals surface area contributed by atoms with Crippen molar-refractivity contribution in [3.63, 3.8) is 0 Å². The average Bonchev–Trinajstić information content (AvgIpc) is 3.38. The number of Topliss-reactive ketones (excluding diaryl/α,β-unsaturated/α-hetero) is 1. The lowest BCUT2D eigenvalue weighted by atomic mass is 9.75. The van der Waals surface area contributed by atoms with Crippen LogP contribution >= 0.6 is 0 Å². The van der Waals surface area contributed by atoms with Crippen LogP contribution in [-0.2, 0) is 38.4 Å². The number of nitrogens with zero attached hydrogens (tertiary/aromatic N) is 1.